The molecule has 0 radical (unpaired) electrons. The third kappa shape index (κ3) is 2.05. The van der Waals surface area contributed by atoms with Crippen molar-refractivity contribution in [3.8, 4) is 11.5 Å². The summed E-state index contributed by atoms with van der Waals surface area (Å²) in [5.74, 6) is 1.12. The minimum atomic E-state index is -0.836. The van der Waals surface area contributed by atoms with Crippen LogP contribution in [0.2, 0.25) is 0 Å². The molecule has 134 valence electrons. The molecule has 1 aliphatic carbocycles. The minimum absolute atomic E-state index is 0.118. The van der Waals surface area contributed by atoms with E-state index in [1.165, 1.54) is 0 Å². The number of nitrogens with zero attached hydrogens (tertiary/aromatic N) is 1. The van der Waals surface area contributed by atoms with Crippen molar-refractivity contribution in [2.45, 2.75) is 24.2 Å². The maximum Gasteiger partial charge on any atom is 0.161 e. The van der Waals surface area contributed by atoms with Crippen LogP contribution >= 0.6 is 0 Å². The Kier molecular flexibility index (Phi) is 3.70. The van der Waals surface area contributed by atoms with Crippen LogP contribution < -0.4 is 9.47 Å². The number of methoxy groups -OCH3 is 3. The molecular formula is C19H23NO5. The molecule has 1 spiro atoms. The van der Waals surface area contributed by atoms with Crippen LogP contribution in [-0.4, -0.2) is 50.3 Å². The van der Waals surface area contributed by atoms with E-state index in [1.54, 1.807) is 27.4 Å². The summed E-state index contributed by atoms with van der Waals surface area (Å²) >= 11 is 0. The summed E-state index contributed by atoms with van der Waals surface area (Å²) in [5, 5.41) is 24.5. The Hall–Kier alpha value is -1.86. The fourth-order valence-electron chi connectivity index (χ4n) is 4.65. The molecule has 0 saturated heterocycles. The predicted octanol–water partition coefficient (Wildman–Crippen LogP) is 2.18. The molecule has 0 saturated carbocycles. The molecule has 25 heavy (non-hydrogen) atoms. The molecule has 4 atom stereocenters. The van der Waals surface area contributed by atoms with Crippen molar-refractivity contribution < 1.29 is 24.0 Å². The Labute approximate surface area is 147 Å². The zero-order valence-corrected chi connectivity index (χ0v) is 14.7. The normalized spacial score (nSPS) is 35.5. The Morgan fingerprint density at radius 1 is 1.20 bits per heavy atom. The minimum Gasteiger partial charge on any atom is -0.632 e. The Balaban J connectivity index is 1.99. The lowest BCUT2D eigenvalue weighted by Crippen LogP contribution is -2.62. The van der Waals surface area contributed by atoms with Gasteiger partial charge in [0.2, 0.25) is 0 Å². The van der Waals surface area contributed by atoms with E-state index in [1.807, 2.05) is 24.3 Å². The highest BCUT2D eigenvalue weighted by molar-refractivity contribution is 5.56. The number of benzene rings is 1. The van der Waals surface area contributed by atoms with E-state index < -0.39 is 16.3 Å². The molecule has 2 heterocycles. The first-order valence-electron chi connectivity index (χ1n) is 8.43. The van der Waals surface area contributed by atoms with Crippen LogP contribution in [0, 0.1) is 5.21 Å². The lowest BCUT2D eigenvalue weighted by molar-refractivity contribution is -0.930. The van der Waals surface area contributed by atoms with Gasteiger partial charge in [0.1, 0.15) is 12.6 Å². The van der Waals surface area contributed by atoms with Crippen molar-refractivity contribution in [3.05, 3.63) is 52.3 Å². The Morgan fingerprint density at radius 3 is 2.60 bits per heavy atom. The maximum absolute atomic E-state index is 13.8. The summed E-state index contributed by atoms with van der Waals surface area (Å²) in [6.07, 6.45) is 5.56. The molecule has 6 heteroatoms. The Bertz CT molecular complexity index is 773. The summed E-state index contributed by atoms with van der Waals surface area (Å²) in [4.78, 5) is 0. The van der Waals surface area contributed by atoms with Crippen LogP contribution in [0.3, 0.4) is 0 Å². The molecule has 1 aromatic rings. The summed E-state index contributed by atoms with van der Waals surface area (Å²) < 4.78 is 15.9. The lowest BCUT2D eigenvalue weighted by Gasteiger charge is -2.59. The third-order valence-corrected chi connectivity index (χ3v) is 5.90. The molecule has 0 fully saturated rings. The van der Waals surface area contributed by atoms with Crippen molar-refractivity contribution in [3.63, 3.8) is 0 Å². The van der Waals surface area contributed by atoms with Gasteiger partial charge in [-0.25, -0.2) is 0 Å². The van der Waals surface area contributed by atoms with Crippen LogP contribution in [-0.2, 0) is 10.3 Å². The number of aliphatic hydroxyl groups is 1. The number of rotatable bonds is 3. The first kappa shape index (κ1) is 16.6. The number of quaternary nitrogens is 1. The zero-order chi connectivity index (χ0) is 17.8. The van der Waals surface area contributed by atoms with Crippen LogP contribution in [0.1, 0.15) is 23.7 Å². The largest absolute Gasteiger partial charge is 0.632 e. The van der Waals surface area contributed by atoms with Crippen LogP contribution in [0.5, 0.6) is 11.5 Å². The first-order valence-corrected chi connectivity index (χ1v) is 8.43. The van der Waals surface area contributed by atoms with Gasteiger partial charge in [-0.2, -0.15) is 0 Å². The maximum atomic E-state index is 13.8. The van der Waals surface area contributed by atoms with E-state index in [9.17, 15) is 10.3 Å². The van der Waals surface area contributed by atoms with Gasteiger partial charge in [0, 0.05) is 24.7 Å². The summed E-state index contributed by atoms with van der Waals surface area (Å²) in [6, 6.07) is 3.65. The van der Waals surface area contributed by atoms with Gasteiger partial charge in [-0.3, -0.25) is 0 Å². The predicted molar refractivity (Wildman–Crippen MR) is 92.2 cm³/mol. The van der Waals surface area contributed by atoms with Gasteiger partial charge in [0.15, 0.2) is 17.0 Å². The van der Waals surface area contributed by atoms with Crippen molar-refractivity contribution in [2.75, 3.05) is 34.4 Å². The van der Waals surface area contributed by atoms with Gasteiger partial charge in [-0.05, 0) is 23.8 Å². The number of hydrogen-bond donors (Lipinski definition) is 1. The van der Waals surface area contributed by atoms with Gasteiger partial charge in [-0.15, -0.1) is 0 Å². The molecule has 4 rings (SSSR count). The average molecular weight is 345 g/mol. The van der Waals surface area contributed by atoms with Crippen molar-refractivity contribution in [2.24, 2.45) is 0 Å². The number of ether oxygens (including phenoxy) is 3. The fraction of sp³-hybridized carbons (Fsp3) is 0.474. The van der Waals surface area contributed by atoms with Gasteiger partial charge in [0.25, 0.3) is 0 Å². The SMILES string of the molecule is COc1cc2c(cc1OC)[C@]13C[C@@H](OC)C=CC1=CC[N+]3([O-])C[C@@H]2O. The smallest absolute Gasteiger partial charge is 0.161 e. The van der Waals surface area contributed by atoms with Crippen molar-refractivity contribution in [1.82, 2.24) is 0 Å². The van der Waals surface area contributed by atoms with E-state index in [0.717, 1.165) is 16.7 Å². The third-order valence-electron chi connectivity index (χ3n) is 5.90. The second-order valence-electron chi connectivity index (χ2n) is 6.92. The molecule has 2 aliphatic heterocycles. The fourth-order valence-corrected chi connectivity index (χ4v) is 4.65. The topological polar surface area (TPSA) is 71.0 Å². The van der Waals surface area contributed by atoms with E-state index in [-0.39, 0.29) is 12.6 Å². The molecule has 6 nitrogen and oxygen atoms in total. The monoisotopic (exact) mass is 345 g/mol. The Morgan fingerprint density at radius 2 is 1.92 bits per heavy atom. The second kappa shape index (κ2) is 5.57. The molecule has 0 bridgehead atoms. The molecule has 1 N–H and O–H groups in total. The average Bonchev–Trinajstić information content (AvgIpc) is 2.93. The molecule has 0 aromatic heterocycles. The number of hydrogen-bond acceptors (Lipinski definition) is 5. The van der Waals surface area contributed by atoms with Crippen molar-refractivity contribution in [1.29, 1.82) is 0 Å². The highest BCUT2D eigenvalue weighted by atomic mass is 16.6. The standard InChI is InChI=1S/C19H23NO5/c1-23-13-5-4-12-6-7-20(22)11-16(21)14-8-17(24-2)18(25-3)9-15(14)19(12,20)10-13/h4-6,8-9,13,16,21H,7,10-11H2,1-3H3/t13-,16-,19-,20?/m0/s1. The van der Waals surface area contributed by atoms with Crippen molar-refractivity contribution >= 4 is 0 Å². The first-order chi connectivity index (χ1) is 12.0. The summed E-state index contributed by atoms with van der Waals surface area (Å²) in [7, 11) is 4.80. The number of hydroxylamine groups is 3. The summed E-state index contributed by atoms with van der Waals surface area (Å²) in [5.41, 5.74) is 1.77. The molecule has 1 aromatic carbocycles. The van der Waals surface area contributed by atoms with Crippen LogP contribution in [0.25, 0.3) is 0 Å². The molecule has 0 amide bonds. The van der Waals surface area contributed by atoms with Crippen LogP contribution in [0.4, 0.5) is 0 Å². The van der Waals surface area contributed by atoms with Gasteiger partial charge in [-0.1, -0.05) is 12.2 Å². The van der Waals surface area contributed by atoms with Gasteiger partial charge >= 0.3 is 0 Å². The molecule has 1 unspecified atom stereocenters. The van der Waals surface area contributed by atoms with Gasteiger partial charge in [0.05, 0.1) is 26.9 Å². The quantitative estimate of drug-likeness (QED) is 0.672. The van der Waals surface area contributed by atoms with E-state index in [0.29, 0.717) is 24.5 Å². The van der Waals surface area contributed by atoms with E-state index in [2.05, 4.69) is 0 Å². The highest BCUT2D eigenvalue weighted by Crippen LogP contribution is 2.57. The number of fused-ring (bicyclic) bond motifs is 1. The van der Waals surface area contributed by atoms with E-state index in [4.69, 9.17) is 14.2 Å². The highest BCUT2D eigenvalue weighted by Gasteiger charge is 2.59. The van der Waals surface area contributed by atoms with E-state index >= 15 is 0 Å². The molecular weight excluding hydrogens is 322 g/mol. The number of aliphatic hydroxyl groups excluding tert-OH is 1. The van der Waals surface area contributed by atoms with Crippen LogP contribution in [0.15, 0.2) is 35.9 Å². The zero-order valence-electron chi connectivity index (χ0n) is 14.7. The lowest BCUT2D eigenvalue weighted by atomic mass is 9.70. The second-order valence-corrected chi connectivity index (χ2v) is 6.92. The summed E-state index contributed by atoms with van der Waals surface area (Å²) in [6.45, 7) is 0.466. The molecule has 3 aliphatic rings. The van der Waals surface area contributed by atoms with Gasteiger partial charge < -0.3 is 29.2 Å².